The Bertz CT molecular complexity index is 499. The van der Waals surface area contributed by atoms with E-state index in [-0.39, 0.29) is 0 Å². The smallest absolute Gasteiger partial charge is 0.0991 e. The molecule has 2 aliphatic rings. The summed E-state index contributed by atoms with van der Waals surface area (Å²) in [6, 6.07) is 9.33. The van der Waals surface area contributed by atoms with Crippen LogP contribution in [0.2, 0.25) is 0 Å². The number of piperidine rings is 1. The predicted molar refractivity (Wildman–Crippen MR) is 109 cm³/mol. The molecule has 0 unspecified atom stereocenters. The molecule has 1 aromatic carbocycles. The monoisotopic (exact) mass is 340 g/mol. The Morgan fingerprint density at radius 3 is 2.04 bits per heavy atom. The third-order valence-electron chi connectivity index (χ3n) is 5.66. The van der Waals surface area contributed by atoms with Crippen LogP contribution in [-0.2, 0) is 0 Å². The van der Waals surface area contributed by atoms with Gasteiger partial charge in [0.05, 0.1) is 11.6 Å². The number of likely N-dealkylation sites (tertiary alicyclic amines) is 1. The van der Waals surface area contributed by atoms with E-state index in [0.717, 1.165) is 16.9 Å². The molecule has 1 spiro atoms. The molecular formula is C23H36N2. The maximum Gasteiger partial charge on any atom is 0.0991 e. The van der Waals surface area contributed by atoms with Gasteiger partial charge in [0, 0.05) is 0 Å². The van der Waals surface area contributed by atoms with Crippen molar-refractivity contribution in [2.24, 2.45) is 11.3 Å². The van der Waals surface area contributed by atoms with Crippen LogP contribution in [0, 0.1) is 22.7 Å². The average molecular weight is 341 g/mol. The van der Waals surface area contributed by atoms with Gasteiger partial charge in [-0.15, -0.1) is 0 Å². The van der Waals surface area contributed by atoms with Crippen molar-refractivity contribution < 1.29 is 0 Å². The molecule has 2 nitrogen and oxygen atoms in total. The van der Waals surface area contributed by atoms with E-state index in [2.05, 4.69) is 25.5 Å². The van der Waals surface area contributed by atoms with Crippen molar-refractivity contribution in [2.45, 2.75) is 59.3 Å². The molecule has 1 heterocycles. The number of hydrogen-bond acceptors (Lipinski definition) is 2. The second kappa shape index (κ2) is 11.1. The van der Waals surface area contributed by atoms with Gasteiger partial charge >= 0.3 is 0 Å². The summed E-state index contributed by atoms with van der Waals surface area (Å²) in [6.45, 7) is 12.7. The van der Waals surface area contributed by atoms with Crippen molar-refractivity contribution >= 4 is 6.08 Å². The first-order valence-electron chi connectivity index (χ1n) is 9.88. The second-order valence-corrected chi connectivity index (χ2v) is 7.42. The molecular weight excluding hydrogens is 304 g/mol. The van der Waals surface area contributed by atoms with E-state index in [4.69, 9.17) is 5.26 Å². The van der Waals surface area contributed by atoms with E-state index in [9.17, 15) is 0 Å². The molecule has 1 saturated heterocycles. The molecule has 2 heteroatoms. The molecule has 0 amide bonds. The molecule has 2 fully saturated rings. The molecule has 1 aliphatic carbocycles. The zero-order valence-corrected chi connectivity index (χ0v) is 16.7. The van der Waals surface area contributed by atoms with Gasteiger partial charge in [-0.05, 0) is 74.8 Å². The lowest BCUT2D eigenvalue weighted by molar-refractivity contribution is 0.0658. The Morgan fingerprint density at radius 1 is 1.08 bits per heavy atom. The van der Waals surface area contributed by atoms with Crippen LogP contribution in [0.4, 0.5) is 0 Å². The maximum absolute atomic E-state index is 8.43. The first kappa shape index (κ1) is 21.5. The number of nitriles is 1. The van der Waals surface area contributed by atoms with Gasteiger partial charge in [-0.25, -0.2) is 0 Å². The molecule has 0 aromatic heterocycles. The fourth-order valence-corrected chi connectivity index (χ4v) is 3.66. The van der Waals surface area contributed by atoms with Crippen LogP contribution in [0.5, 0.6) is 0 Å². The van der Waals surface area contributed by atoms with Crippen LogP contribution < -0.4 is 0 Å². The van der Waals surface area contributed by atoms with Crippen molar-refractivity contribution in [2.75, 3.05) is 20.1 Å². The van der Waals surface area contributed by atoms with Crippen LogP contribution in [-0.4, -0.2) is 25.0 Å². The number of hydrogen-bond donors (Lipinski definition) is 0. The lowest BCUT2D eigenvalue weighted by atomic mass is 9.66. The molecule has 138 valence electrons. The highest BCUT2D eigenvalue weighted by Gasteiger charge is 2.36. The summed E-state index contributed by atoms with van der Waals surface area (Å²) in [5.74, 6) is 1.00. The lowest BCUT2D eigenvalue weighted by Crippen LogP contribution is -2.39. The zero-order chi connectivity index (χ0) is 18.7. The molecule has 1 aliphatic heterocycles. The Labute approximate surface area is 155 Å². The summed E-state index contributed by atoms with van der Waals surface area (Å²) >= 11 is 0. The largest absolute Gasteiger partial charge is 0.306 e. The van der Waals surface area contributed by atoms with Crippen LogP contribution in [0.25, 0.3) is 6.08 Å². The van der Waals surface area contributed by atoms with E-state index in [0.29, 0.717) is 5.56 Å². The standard InChI is InChI=1S/C12H23N.C9H7N.C2H6/c1-11-3-5-12(6-4-11)7-9-13(2)10-8-12;1-2-8-3-5-9(7-10)6-4-8;1-2/h11H,3-10H2,1-2H3;2-6H,1H2;1-2H3. The van der Waals surface area contributed by atoms with E-state index in [1.165, 1.54) is 51.6 Å². The molecule has 0 atom stereocenters. The van der Waals surface area contributed by atoms with E-state index in [1.54, 1.807) is 18.2 Å². The Hall–Kier alpha value is -1.59. The Morgan fingerprint density at radius 2 is 1.60 bits per heavy atom. The van der Waals surface area contributed by atoms with Crippen molar-refractivity contribution in [3.8, 4) is 6.07 Å². The predicted octanol–water partition coefficient (Wildman–Crippen LogP) is 6.14. The highest BCUT2D eigenvalue weighted by Crippen LogP contribution is 2.45. The van der Waals surface area contributed by atoms with Gasteiger partial charge in [0.15, 0.2) is 0 Å². The molecule has 0 bridgehead atoms. The first-order valence-corrected chi connectivity index (χ1v) is 9.88. The van der Waals surface area contributed by atoms with Gasteiger partial charge in [0.25, 0.3) is 0 Å². The highest BCUT2D eigenvalue weighted by atomic mass is 15.1. The summed E-state index contributed by atoms with van der Waals surface area (Å²) in [6.07, 6.45) is 10.7. The van der Waals surface area contributed by atoms with Crippen LogP contribution in [0.1, 0.15) is 70.4 Å². The third kappa shape index (κ3) is 7.04. The van der Waals surface area contributed by atoms with E-state index < -0.39 is 0 Å². The topological polar surface area (TPSA) is 27.0 Å². The van der Waals surface area contributed by atoms with Crippen molar-refractivity contribution in [3.05, 3.63) is 42.0 Å². The summed E-state index contributed by atoms with van der Waals surface area (Å²) in [7, 11) is 2.26. The van der Waals surface area contributed by atoms with E-state index >= 15 is 0 Å². The van der Waals surface area contributed by atoms with Gasteiger partial charge in [-0.1, -0.05) is 58.4 Å². The molecule has 1 saturated carbocycles. The summed E-state index contributed by atoms with van der Waals surface area (Å²) in [4.78, 5) is 2.49. The Balaban J connectivity index is 0.000000235. The maximum atomic E-state index is 8.43. The minimum Gasteiger partial charge on any atom is -0.306 e. The van der Waals surface area contributed by atoms with Gasteiger partial charge in [-0.2, -0.15) is 5.26 Å². The lowest BCUT2D eigenvalue weighted by Gasteiger charge is -2.44. The fourth-order valence-electron chi connectivity index (χ4n) is 3.66. The van der Waals surface area contributed by atoms with Crippen LogP contribution in [0.15, 0.2) is 30.8 Å². The number of rotatable bonds is 1. The van der Waals surface area contributed by atoms with Gasteiger partial charge in [0.1, 0.15) is 0 Å². The van der Waals surface area contributed by atoms with Gasteiger partial charge < -0.3 is 4.90 Å². The molecule has 1 aromatic rings. The molecule has 0 radical (unpaired) electrons. The average Bonchev–Trinajstić information content (AvgIpc) is 2.69. The van der Waals surface area contributed by atoms with Crippen molar-refractivity contribution in [3.63, 3.8) is 0 Å². The summed E-state index contributed by atoms with van der Waals surface area (Å²) in [5, 5.41) is 8.43. The quantitative estimate of drug-likeness (QED) is 0.614. The van der Waals surface area contributed by atoms with Gasteiger partial charge in [-0.3, -0.25) is 0 Å². The Kier molecular flexibility index (Phi) is 9.53. The van der Waals surface area contributed by atoms with Crippen molar-refractivity contribution in [1.29, 1.82) is 5.26 Å². The van der Waals surface area contributed by atoms with Crippen LogP contribution >= 0.6 is 0 Å². The van der Waals surface area contributed by atoms with Gasteiger partial charge in [0.2, 0.25) is 0 Å². The minimum atomic E-state index is 0.686. The highest BCUT2D eigenvalue weighted by molar-refractivity contribution is 5.48. The fraction of sp³-hybridized carbons (Fsp3) is 0.609. The minimum absolute atomic E-state index is 0.686. The summed E-state index contributed by atoms with van der Waals surface area (Å²) in [5.41, 5.74) is 2.50. The third-order valence-corrected chi connectivity index (χ3v) is 5.66. The SMILES string of the molecule is C=Cc1ccc(C#N)cc1.CC.CC1CCC2(CC1)CCN(C)CC2. The number of nitrogens with zero attached hydrogens (tertiary/aromatic N) is 2. The second-order valence-electron chi connectivity index (χ2n) is 7.42. The number of benzene rings is 1. The van der Waals surface area contributed by atoms with Crippen molar-refractivity contribution in [1.82, 2.24) is 4.90 Å². The van der Waals surface area contributed by atoms with Crippen LogP contribution in [0.3, 0.4) is 0 Å². The molecule has 25 heavy (non-hydrogen) atoms. The molecule has 3 rings (SSSR count). The zero-order valence-electron chi connectivity index (χ0n) is 16.7. The summed E-state index contributed by atoms with van der Waals surface area (Å²) < 4.78 is 0. The molecule has 0 N–H and O–H groups in total. The van der Waals surface area contributed by atoms with E-state index in [1.807, 2.05) is 32.0 Å². The first-order chi connectivity index (χ1) is 12.1. The normalized spacial score (nSPS) is 19.6.